The molecule has 0 spiro atoms. The number of nitrogens with zero attached hydrogens (tertiary/aromatic N) is 4. The van der Waals surface area contributed by atoms with E-state index in [2.05, 4.69) is 12.0 Å². The van der Waals surface area contributed by atoms with Gasteiger partial charge in [0, 0.05) is 39.3 Å². The van der Waals surface area contributed by atoms with Crippen molar-refractivity contribution < 1.29 is 19.1 Å². The Morgan fingerprint density at radius 1 is 1.17 bits per heavy atom. The number of aryl methyl sites for hydroxylation is 2. The quantitative estimate of drug-likeness (QED) is 0.650. The molecule has 29 heavy (non-hydrogen) atoms. The minimum atomic E-state index is -0.790. The Balaban J connectivity index is 1.86. The monoisotopic (exact) mass is 404 g/mol. The first-order chi connectivity index (χ1) is 13.9. The molecule has 2 amide bonds. The second-order valence-electron chi connectivity index (χ2n) is 8.22. The third-order valence-corrected chi connectivity index (χ3v) is 5.95. The lowest BCUT2D eigenvalue weighted by Crippen LogP contribution is -2.53. The van der Waals surface area contributed by atoms with Crippen LogP contribution in [-0.2, 0) is 20.9 Å². The highest BCUT2D eigenvalue weighted by Gasteiger charge is 2.47. The number of hydrogen-bond acceptors (Lipinski definition) is 5. The molecule has 0 aliphatic carbocycles. The average molecular weight is 405 g/mol. The third kappa shape index (κ3) is 4.62. The molecule has 160 valence electrons. The molecule has 0 aromatic carbocycles. The summed E-state index contributed by atoms with van der Waals surface area (Å²) in [6.07, 6.45) is 6.37. The summed E-state index contributed by atoms with van der Waals surface area (Å²) in [5.74, 6) is -0.499. The summed E-state index contributed by atoms with van der Waals surface area (Å²) in [7, 11) is 0. The van der Waals surface area contributed by atoms with Gasteiger partial charge in [-0.1, -0.05) is 6.92 Å². The SMILES string of the molecule is CCCn1cc(C(=O)N2CCCC2(COC(C)=O)CC(=O)N2CCCC2)c(C)n1. The highest BCUT2D eigenvalue weighted by molar-refractivity contribution is 5.96. The largest absolute Gasteiger partial charge is 0.463 e. The van der Waals surface area contributed by atoms with Crippen LogP contribution in [0.4, 0.5) is 0 Å². The molecule has 0 radical (unpaired) electrons. The van der Waals surface area contributed by atoms with E-state index in [0.29, 0.717) is 24.2 Å². The van der Waals surface area contributed by atoms with Crippen molar-refractivity contribution >= 4 is 17.8 Å². The molecule has 3 rings (SSSR count). The van der Waals surface area contributed by atoms with E-state index in [0.717, 1.165) is 45.3 Å². The average Bonchev–Trinajstić information content (AvgIpc) is 3.40. The molecule has 2 aliphatic rings. The highest BCUT2D eigenvalue weighted by Crippen LogP contribution is 2.35. The molecule has 1 aromatic rings. The van der Waals surface area contributed by atoms with Gasteiger partial charge in [0.2, 0.25) is 5.91 Å². The number of aromatic nitrogens is 2. The van der Waals surface area contributed by atoms with Crippen molar-refractivity contribution in [2.24, 2.45) is 0 Å². The van der Waals surface area contributed by atoms with Crippen molar-refractivity contribution in [1.29, 1.82) is 0 Å². The lowest BCUT2D eigenvalue weighted by atomic mass is 9.91. The van der Waals surface area contributed by atoms with E-state index in [1.807, 2.05) is 11.8 Å². The van der Waals surface area contributed by atoms with Crippen molar-refractivity contribution in [3.63, 3.8) is 0 Å². The first kappa shape index (κ1) is 21.3. The third-order valence-electron chi connectivity index (χ3n) is 5.95. The normalized spacial score (nSPS) is 21.6. The summed E-state index contributed by atoms with van der Waals surface area (Å²) in [6.45, 7) is 8.13. The Hall–Kier alpha value is -2.38. The predicted octanol–water partition coefficient (Wildman–Crippen LogP) is 2.15. The molecule has 1 unspecified atom stereocenters. The molecule has 8 heteroatoms. The Bertz CT molecular complexity index is 769. The van der Waals surface area contributed by atoms with Crippen molar-refractivity contribution in [1.82, 2.24) is 19.6 Å². The first-order valence-electron chi connectivity index (χ1n) is 10.6. The van der Waals surface area contributed by atoms with E-state index in [1.165, 1.54) is 6.92 Å². The zero-order chi connectivity index (χ0) is 21.0. The number of amides is 2. The lowest BCUT2D eigenvalue weighted by Gasteiger charge is -2.38. The van der Waals surface area contributed by atoms with Gasteiger partial charge in [-0.15, -0.1) is 0 Å². The molecule has 0 bridgehead atoms. The second-order valence-corrected chi connectivity index (χ2v) is 8.22. The summed E-state index contributed by atoms with van der Waals surface area (Å²) in [6, 6.07) is 0. The van der Waals surface area contributed by atoms with Crippen LogP contribution >= 0.6 is 0 Å². The molecular formula is C21H32N4O4. The number of carbonyl (C=O) groups is 3. The van der Waals surface area contributed by atoms with Gasteiger partial charge in [0.1, 0.15) is 6.61 Å². The van der Waals surface area contributed by atoms with Crippen LogP contribution < -0.4 is 0 Å². The van der Waals surface area contributed by atoms with E-state index in [-0.39, 0.29) is 24.8 Å². The van der Waals surface area contributed by atoms with Gasteiger partial charge in [-0.3, -0.25) is 19.1 Å². The number of carbonyl (C=O) groups excluding carboxylic acids is 3. The number of ether oxygens (including phenoxy) is 1. The molecule has 2 fully saturated rings. The van der Waals surface area contributed by atoms with E-state index in [4.69, 9.17) is 4.74 Å². The summed E-state index contributed by atoms with van der Waals surface area (Å²) < 4.78 is 7.15. The Labute approximate surface area is 172 Å². The van der Waals surface area contributed by atoms with Crippen LogP contribution in [0.5, 0.6) is 0 Å². The van der Waals surface area contributed by atoms with Gasteiger partial charge in [-0.25, -0.2) is 0 Å². The minimum Gasteiger partial charge on any atom is -0.463 e. The van der Waals surface area contributed by atoms with Crippen molar-refractivity contribution in [2.75, 3.05) is 26.2 Å². The van der Waals surface area contributed by atoms with E-state index >= 15 is 0 Å². The minimum absolute atomic E-state index is 0.0350. The lowest BCUT2D eigenvalue weighted by molar-refractivity contribution is -0.147. The molecule has 0 saturated carbocycles. The standard InChI is InChI=1S/C21H32N4O4/c1-4-9-24-14-18(16(2)22-24)20(28)25-12-7-8-21(25,15-29-17(3)26)13-19(27)23-10-5-6-11-23/h14H,4-13,15H2,1-3H3. The molecule has 8 nitrogen and oxygen atoms in total. The Kier molecular flexibility index (Phi) is 6.59. The van der Waals surface area contributed by atoms with Gasteiger partial charge >= 0.3 is 5.97 Å². The number of esters is 1. The molecular weight excluding hydrogens is 372 g/mol. The van der Waals surface area contributed by atoms with Crippen LogP contribution in [0.2, 0.25) is 0 Å². The van der Waals surface area contributed by atoms with Crippen LogP contribution in [0, 0.1) is 6.92 Å². The van der Waals surface area contributed by atoms with E-state index < -0.39 is 11.5 Å². The Morgan fingerprint density at radius 3 is 2.55 bits per heavy atom. The van der Waals surface area contributed by atoms with Crippen LogP contribution in [0.1, 0.15) is 68.4 Å². The zero-order valence-corrected chi connectivity index (χ0v) is 17.8. The van der Waals surface area contributed by atoms with E-state index in [1.54, 1.807) is 15.8 Å². The predicted molar refractivity (Wildman–Crippen MR) is 107 cm³/mol. The molecule has 0 N–H and O–H groups in total. The summed E-state index contributed by atoms with van der Waals surface area (Å²) >= 11 is 0. The number of hydrogen-bond donors (Lipinski definition) is 0. The number of rotatable bonds is 7. The fourth-order valence-electron chi connectivity index (χ4n) is 4.45. The van der Waals surface area contributed by atoms with Crippen molar-refractivity contribution in [3.05, 3.63) is 17.5 Å². The maximum atomic E-state index is 13.5. The maximum absolute atomic E-state index is 13.5. The second kappa shape index (κ2) is 8.97. The van der Waals surface area contributed by atoms with Gasteiger partial charge in [0.15, 0.2) is 0 Å². The van der Waals surface area contributed by atoms with Crippen LogP contribution in [0.3, 0.4) is 0 Å². The fourth-order valence-corrected chi connectivity index (χ4v) is 4.45. The molecule has 2 aliphatic heterocycles. The molecule has 1 atom stereocenters. The van der Waals surface area contributed by atoms with Gasteiger partial charge in [-0.05, 0) is 39.0 Å². The van der Waals surface area contributed by atoms with Gasteiger partial charge < -0.3 is 14.5 Å². The van der Waals surface area contributed by atoms with Gasteiger partial charge in [-0.2, -0.15) is 5.10 Å². The van der Waals surface area contributed by atoms with Crippen LogP contribution in [0.25, 0.3) is 0 Å². The number of likely N-dealkylation sites (tertiary alicyclic amines) is 2. The fraction of sp³-hybridized carbons (Fsp3) is 0.714. The molecule has 2 saturated heterocycles. The first-order valence-corrected chi connectivity index (χ1v) is 10.6. The van der Waals surface area contributed by atoms with Crippen LogP contribution in [0.15, 0.2) is 6.20 Å². The van der Waals surface area contributed by atoms with Crippen LogP contribution in [-0.4, -0.2) is 69.1 Å². The molecule has 3 heterocycles. The Morgan fingerprint density at radius 2 is 1.90 bits per heavy atom. The van der Waals surface area contributed by atoms with Crippen molar-refractivity contribution in [2.45, 2.75) is 71.4 Å². The summed E-state index contributed by atoms with van der Waals surface area (Å²) in [4.78, 5) is 41.5. The summed E-state index contributed by atoms with van der Waals surface area (Å²) in [5, 5.41) is 4.45. The zero-order valence-electron chi connectivity index (χ0n) is 17.8. The van der Waals surface area contributed by atoms with Gasteiger partial charge in [0.05, 0.1) is 23.2 Å². The summed E-state index contributed by atoms with van der Waals surface area (Å²) in [5.41, 5.74) is 0.450. The maximum Gasteiger partial charge on any atom is 0.302 e. The van der Waals surface area contributed by atoms with Gasteiger partial charge in [0.25, 0.3) is 5.91 Å². The van der Waals surface area contributed by atoms with Crippen molar-refractivity contribution in [3.8, 4) is 0 Å². The van der Waals surface area contributed by atoms with E-state index in [9.17, 15) is 14.4 Å². The topological polar surface area (TPSA) is 84.7 Å². The smallest absolute Gasteiger partial charge is 0.302 e. The highest BCUT2D eigenvalue weighted by atomic mass is 16.5. The molecule has 1 aromatic heterocycles.